The Bertz CT molecular complexity index is 288. The zero-order valence-corrected chi connectivity index (χ0v) is 7.80. The molecule has 0 fully saturated rings. The van der Waals surface area contributed by atoms with Gasteiger partial charge in [-0.3, -0.25) is 0 Å². The summed E-state index contributed by atoms with van der Waals surface area (Å²) in [6.07, 6.45) is 1.29. The Hall–Kier alpha value is -0.540. The van der Waals surface area contributed by atoms with E-state index in [0.29, 0.717) is 10.6 Å². The zero-order valence-electron chi connectivity index (χ0n) is 5.46. The van der Waals surface area contributed by atoms with Crippen molar-refractivity contribution in [2.45, 2.75) is 0 Å². The van der Waals surface area contributed by atoms with E-state index in [-0.39, 0.29) is 0 Å². The first-order valence-corrected chi connectivity index (χ1v) is 4.03. The monoisotopic (exact) mass is 233 g/mol. The molecule has 1 aromatic rings. The topological polar surface area (TPSA) is 32.6 Å². The van der Waals surface area contributed by atoms with Crippen LogP contribution < -0.4 is 0 Å². The number of nitrogens with zero attached hydrogens (tertiary/aromatic N) is 1. The molecular weight excluding hydrogens is 229 g/mol. The largest absolute Gasteiger partial charge is 0.411 e. The third-order valence-electron chi connectivity index (χ3n) is 1.16. The third-order valence-corrected chi connectivity index (χ3v) is 1.98. The number of halogens is 2. The van der Waals surface area contributed by atoms with Gasteiger partial charge in [-0.15, -0.1) is 0 Å². The third kappa shape index (κ3) is 2.20. The number of rotatable bonds is 1. The summed E-state index contributed by atoms with van der Waals surface area (Å²) in [6.45, 7) is 0. The summed E-state index contributed by atoms with van der Waals surface area (Å²) in [5, 5.41) is 11.6. The molecule has 0 atom stereocenters. The van der Waals surface area contributed by atoms with Crippen LogP contribution in [0.5, 0.6) is 0 Å². The standard InChI is InChI=1S/C7H5BrClNO/c8-6-2-1-5(4-10-11)7(9)3-6/h1-4,11H. The van der Waals surface area contributed by atoms with E-state index in [9.17, 15) is 0 Å². The molecule has 0 aliphatic heterocycles. The molecular formula is C7H5BrClNO. The van der Waals surface area contributed by atoms with Gasteiger partial charge >= 0.3 is 0 Å². The second-order valence-electron chi connectivity index (χ2n) is 1.91. The molecule has 4 heteroatoms. The van der Waals surface area contributed by atoms with Gasteiger partial charge in [0.2, 0.25) is 0 Å². The van der Waals surface area contributed by atoms with Crippen molar-refractivity contribution in [2.24, 2.45) is 5.16 Å². The maximum absolute atomic E-state index is 8.21. The van der Waals surface area contributed by atoms with Crippen LogP contribution in [-0.4, -0.2) is 11.4 Å². The second-order valence-corrected chi connectivity index (χ2v) is 3.23. The van der Waals surface area contributed by atoms with Gasteiger partial charge in [-0.2, -0.15) is 0 Å². The lowest BCUT2D eigenvalue weighted by atomic mass is 10.2. The quantitative estimate of drug-likeness (QED) is 0.452. The predicted molar refractivity (Wildman–Crippen MR) is 48.5 cm³/mol. The summed E-state index contributed by atoms with van der Waals surface area (Å²) < 4.78 is 0.901. The van der Waals surface area contributed by atoms with Crippen LogP contribution in [0.2, 0.25) is 5.02 Å². The van der Waals surface area contributed by atoms with Crippen LogP contribution in [0, 0.1) is 0 Å². The molecule has 11 heavy (non-hydrogen) atoms. The molecule has 0 spiro atoms. The maximum atomic E-state index is 8.21. The van der Waals surface area contributed by atoms with Crippen molar-refractivity contribution in [1.82, 2.24) is 0 Å². The summed E-state index contributed by atoms with van der Waals surface area (Å²) >= 11 is 9.03. The second kappa shape index (κ2) is 3.74. The normalized spacial score (nSPS) is 10.7. The van der Waals surface area contributed by atoms with Crippen molar-refractivity contribution in [2.75, 3.05) is 0 Å². The number of hydrogen-bond acceptors (Lipinski definition) is 2. The Morgan fingerprint density at radius 1 is 1.55 bits per heavy atom. The highest BCUT2D eigenvalue weighted by atomic mass is 79.9. The van der Waals surface area contributed by atoms with Crippen LogP contribution >= 0.6 is 27.5 Å². The SMILES string of the molecule is ON=Cc1ccc(Br)cc1Cl. The van der Waals surface area contributed by atoms with E-state index >= 15 is 0 Å². The molecule has 0 amide bonds. The van der Waals surface area contributed by atoms with E-state index in [0.717, 1.165) is 4.47 Å². The first-order chi connectivity index (χ1) is 5.24. The van der Waals surface area contributed by atoms with E-state index in [1.54, 1.807) is 12.1 Å². The van der Waals surface area contributed by atoms with Gasteiger partial charge in [-0.1, -0.05) is 38.8 Å². The summed E-state index contributed by atoms with van der Waals surface area (Å²) in [6, 6.07) is 5.31. The Morgan fingerprint density at radius 2 is 2.27 bits per heavy atom. The van der Waals surface area contributed by atoms with E-state index in [1.165, 1.54) is 6.21 Å². The molecule has 0 aliphatic carbocycles. The average Bonchev–Trinajstić information content (AvgIpc) is 1.95. The number of hydrogen-bond donors (Lipinski definition) is 1. The number of benzene rings is 1. The van der Waals surface area contributed by atoms with Gasteiger partial charge in [-0.25, -0.2) is 0 Å². The summed E-state index contributed by atoms with van der Waals surface area (Å²) in [7, 11) is 0. The molecule has 0 aliphatic rings. The lowest BCUT2D eigenvalue weighted by Crippen LogP contribution is -1.81. The van der Waals surface area contributed by atoms with Crippen molar-refractivity contribution in [3.63, 3.8) is 0 Å². The van der Waals surface area contributed by atoms with Crippen molar-refractivity contribution in [3.8, 4) is 0 Å². The molecule has 0 unspecified atom stereocenters. The summed E-state index contributed by atoms with van der Waals surface area (Å²) in [5.74, 6) is 0. The fourth-order valence-electron chi connectivity index (χ4n) is 0.668. The summed E-state index contributed by atoms with van der Waals surface area (Å²) in [5.41, 5.74) is 0.692. The highest BCUT2D eigenvalue weighted by molar-refractivity contribution is 9.10. The molecule has 0 saturated carbocycles. The fraction of sp³-hybridized carbons (Fsp3) is 0. The van der Waals surface area contributed by atoms with Crippen LogP contribution in [0.4, 0.5) is 0 Å². The molecule has 0 saturated heterocycles. The van der Waals surface area contributed by atoms with E-state index < -0.39 is 0 Å². The molecule has 0 aromatic heterocycles. The number of oxime groups is 1. The Balaban J connectivity index is 3.09. The van der Waals surface area contributed by atoms with E-state index in [1.807, 2.05) is 6.07 Å². The van der Waals surface area contributed by atoms with Gasteiger partial charge in [0.25, 0.3) is 0 Å². The first kappa shape index (κ1) is 8.56. The van der Waals surface area contributed by atoms with E-state index in [4.69, 9.17) is 16.8 Å². The molecule has 0 radical (unpaired) electrons. The highest BCUT2D eigenvalue weighted by Gasteiger charge is 1.96. The molecule has 1 rings (SSSR count). The van der Waals surface area contributed by atoms with Crippen LogP contribution in [0.15, 0.2) is 27.8 Å². The molecule has 58 valence electrons. The van der Waals surface area contributed by atoms with Gasteiger partial charge in [0.05, 0.1) is 11.2 Å². The van der Waals surface area contributed by atoms with Crippen LogP contribution in [0.1, 0.15) is 5.56 Å². The van der Waals surface area contributed by atoms with Crippen LogP contribution in [0.25, 0.3) is 0 Å². The van der Waals surface area contributed by atoms with Crippen LogP contribution in [-0.2, 0) is 0 Å². The Morgan fingerprint density at radius 3 is 2.82 bits per heavy atom. The highest BCUT2D eigenvalue weighted by Crippen LogP contribution is 2.19. The van der Waals surface area contributed by atoms with Gasteiger partial charge in [-0.05, 0) is 12.1 Å². The zero-order chi connectivity index (χ0) is 8.27. The van der Waals surface area contributed by atoms with Gasteiger partial charge in [0.15, 0.2) is 0 Å². The van der Waals surface area contributed by atoms with Crippen molar-refractivity contribution in [3.05, 3.63) is 33.3 Å². The molecule has 2 nitrogen and oxygen atoms in total. The average molecular weight is 234 g/mol. The molecule has 1 N–H and O–H groups in total. The minimum absolute atomic E-state index is 0.553. The molecule has 0 heterocycles. The first-order valence-electron chi connectivity index (χ1n) is 2.86. The smallest absolute Gasteiger partial charge is 0.0748 e. The van der Waals surface area contributed by atoms with Gasteiger partial charge in [0.1, 0.15) is 0 Å². The molecule has 1 aromatic carbocycles. The van der Waals surface area contributed by atoms with Gasteiger partial charge in [0, 0.05) is 10.0 Å². The van der Waals surface area contributed by atoms with Crippen LogP contribution in [0.3, 0.4) is 0 Å². The van der Waals surface area contributed by atoms with Gasteiger partial charge < -0.3 is 5.21 Å². The lowest BCUT2D eigenvalue weighted by Gasteiger charge is -1.95. The summed E-state index contributed by atoms with van der Waals surface area (Å²) in [4.78, 5) is 0. The maximum Gasteiger partial charge on any atom is 0.0748 e. The fourth-order valence-corrected chi connectivity index (χ4v) is 1.39. The minimum Gasteiger partial charge on any atom is -0.411 e. The predicted octanol–water partition coefficient (Wildman–Crippen LogP) is 2.91. The lowest BCUT2D eigenvalue weighted by molar-refractivity contribution is 0.322. The molecule has 0 bridgehead atoms. The van der Waals surface area contributed by atoms with Crippen molar-refractivity contribution >= 4 is 33.7 Å². The Kier molecular flexibility index (Phi) is 2.91. The minimum atomic E-state index is 0.553. The van der Waals surface area contributed by atoms with Crippen molar-refractivity contribution < 1.29 is 5.21 Å². The van der Waals surface area contributed by atoms with E-state index in [2.05, 4.69) is 21.1 Å². The van der Waals surface area contributed by atoms with Crippen molar-refractivity contribution in [1.29, 1.82) is 0 Å². The Labute approximate surface area is 77.6 Å².